The summed E-state index contributed by atoms with van der Waals surface area (Å²) in [7, 11) is 0. The molecule has 0 aliphatic carbocycles. The highest BCUT2D eigenvalue weighted by molar-refractivity contribution is 7.99. The Hall–Kier alpha value is -2.51. The second kappa shape index (κ2) is 9.61. The monoisotopic (exact) mass is 417 g/mol. The number of hydrogen-bond donors (Lipinski definition) is 1. The van der Waals surface area contributed by atoms with E-state index in [1.165, 1.54) is 11.8 Å². The molecule has 0 fully saturated rings. The number of hydrogen-bond acceptors (Lipinski definition) is 5. The van der Waals surface area contributed by atoms with Crippen molar-refractivity contribution in [3.05, 3.63) is 63.9 Å². The van der Waals surface area contributed by atoms with Crippen LogP contribution < -0.4 is 15.6 Å². The van der Waals surface area contributed by atoms with Gasteiger partial charge in [-0.2, -0.15) is 0 Å². The summed E-state index contributed by atoms with van der Waals surface area (Å²) in [6.07, 6.45) is 0. The summed E-state index contributed by atoms with van der Waals surface area (Å²) in [4.78, 5) is 29.2. The Bertz CT molecular complexity index is 1020. The Morgan fingerprint density at radius 1 is 1.21 bits per heavy atom. The largest absolute Gasteiger partial charge is 0.492 e. The highest BCUT2D eigenvalue weighted by Crippen LogP contribution is 2.18. The van der Waals surface area contributed by atoms with E-state index in [9.17, 15) is 9.59 Å². The van der Waals surface area contributed by atoms with E-state index in [-0.39, 0.29) is 17.2 Å². The molecule has 1 amide bonds. The summed E-state index contributed by atoms with van der Waals surface area (Å²) >= 11 is 7.07. The van der Waals surface area contributed by atoms with E-state index >= 15 is 0 Å². The fourth-order valence-corrected chi connectivity index (χ4v) is 3.63. The van der Waals surface area contributed by atoms with Crippen molar-refractivity contribution in [3.63, 3.8) is 0 Å². The number of nitrogens with one attached hydrogen (secondary N) is 1. The zero-order chi connectivity index (χ0) is 19.9. The van der Waals surface area contributed by atoms with Gasteiger partial charge in [-0.15, -0.1) is 0 Å². The molecule has 6 nitrogen and oxygen atoms in total. The van der Waals surface area contributed by atoms with Gasteiger partial charge in [0.15, 0.2) is 5.16 Å². The van der Waals surface area contributed by atoms with Gasteiger partial charge in [0.1, 0.15) is 12.4 Å². The smallest absolute Gasteiger partial charge is 0.262 e. The van der Waals surface area contributed by atoms with E-state index in [1.807, 2.05) is 19.1 Å². The van der Waals surface area contributed by atoms with Crippen LogP contribution in [-0.2, 0) is 11.3 Å². The molecule has 0 radical (unpaired) electrons. The number of amides is 1. The predicted molar refractivity (Wildman–Crippen MR) is 112 cm³/mol. The van der Waals surface area contributed by atoms with Gasteiger partial charge in [0.25, 0.3) is 5.56 Å². The predicted octanol–water partition coefficient (Wildman–Crippen LogP) is 3.36. The lowest BCUT2D eigenvalue weighted by Crippen LogP contribution is -2.30. The van der Waals surface area contributed by atoms with Crippen molar-refractivity contribution in [1.29, 1.82) is 0 Å². The number of nitrogens with zero attached hydrogens (tertiary/aromatic N) is 2. The number of benzene rings is 2. The van der Waals surface area contributed by atoms with E-state index < -0.39 is 0 Å². The molecule has 1 N–H and O–H groups in total. The van der Waals surface area contributed by atoms with Gasteiger partial charge in [-0.1, -0.05) is 35.5 Å². The average Bonchev–Trinajstić information content (AvgIpc) is 2.71. The second-order valence-corrected chi connectivity index (χ2v) is 7.28. The summed E-state index contributed by atoms with van der Waals surface area (Å²) in [5.74, 6) is 0.723. The van der Waals surface area contributed by atoms with Crippen molar-refractivity contribution in [2.75, 3.05) is 18.9 Å². The van der Waals surface area contributed by atoms with Crippen LogP contribution in [0.1, 0.15) is 6.92 Å². The van der Waals surface area contributed by atoms with E-state index in [0.29, 0.717) is 46.5 Å². The first kappa shape index (κ1) is 20.2. The quantitative estimate of drug-likeness (QED) is 0.345. The topological polar surface area (TPSA) is 73.2 Å². The minimum absolute atomic E-state index is 0.0904. The Balaban J connectivity index is 1.53. The molecule has 0 saturated carbocycles. The Labute approximate surface area is 171 Å². The third kappa shape index (κ3) is 5.05. The Morgan fingerprint density at radius 2 is 1.96 bits per heavy atom. The fourth-order valence-electron chi connectivity index (χ4n) is 2.61. The van der Waals surface area contributed by atoms with Crippen LogP contribution in [0.2, 0.25) is 5.02 Å². The summed E-state index contributed by atoms with van der Waals surface area (Å²) in [5, 5.41) is 4.56. The van der Waals surface area contributed by atoms with Crippen molar-refractivity contribution in [1.82, 2.24) is 14.9 Å². The molecule has 28 heavy (non-hydrogen) atoms. The number of para-hydroxylation sites is 1. The van der Waals surface area contributed by atoms with Crippen molar-refractivity contribution in [3.8, 4) is 5.75 Å². The Kier molecular flexibility index (Phi) is 6.95. The van der Waals surface area contributed by atoms with Crippen molar-refractivity contribution in [2.45, 2.75) is 18.6 Å². The van der Waals surface area contributed by atoms with Crippen molar-refractivity contribution in [2.24, 2.45) is 0 Å². The number of fused-ring (bicyclic) bond motifs is 1. The molecule has 2 aromatic carbocycles. The van der Waals surface area contributed by atoms with Gasteiger partial charge in [-0.05, 0) is 43.3 Å². The molecule has 0 unspecified atom stereocenters. The number of carbonyl (C=O) groups excluding carboxylic acids is 1. The van der Waals surface area contributed by atoms with Crippen LogP contribution in [0.3, 0.4) is 0 Å². The van der Waals surface area contributed by atoms with Crippen LogP contribution in [0.25, 0.3) is 10.9 Å². The number of carbonyl (C=O) groups is 1. The van der Waals surface area contributed by atoms with Gasteiger partial charge in [-0.3, -0.25) is 14.2 Å². The van der Waals surface area contributed by atoms with Crippen LogP contribution in [0.5, 0.6) is 5.75 Å². The summed E-state index contributed by atoms with van der Waals surface area (Å²) in [6.45, 7) is 3.12. The van der Waals surface area contributed by atoms with Gasteiger partial charge < -0.3 is 10.1 Å². The maximum absolute atomic E-state index is 12.6. The first-order valence-corrected chi connectivity index (χ1v) is 10.2. The highest BCUT2D eigenvalue weighted by atomic mass is 35.5. The zero-order valence-corrected chi connectivity index (χ0v) is 16.9. The van der Waals surface area contributed by atoms with Gasteiger partial charge in [0.2, 0.25) is 5.91 Å². The van der Waals surface area contributed by atoms with Gasteiger partial charge >= 0.3 is 0 Å². The second-order valence-electron chi connectivity index (χ2n) is 5.90. The molecule has 0 aliphatic rings. The molecule has 0 bridgehead atoms. The summed E-state index contributed by atoms with van der Waals surface area (Å²) in [5.41, 5.74) is 0.545. The number of aromatic nitrogens is 2. The standard InChI is InChI=1S/C20H20ClN3O3S/c1-2-24-19(26)16-5-3-4-6-17(16)23-20(24)28-13-18(25)22-11-12-27-15-9-7-14(21)8-10-15/h3-10H,2,11-13H2,1H3,(H,22,25). The van der Waals surface area contributed by atoms with E-state index in [1.54, 1.807) is 41.0 Å². The van der Waals surface area contributed by atoms with Crippen molar-refractivity contribution < 1.29 is 9.53 Å². The minimum Gasteiger partial charge on any atom is -0.492 e. The fraction of sp³-hybridized carbons (Fsp3) is 0.250. The summed E-state index contributed by atoms with van der Waals surface area (Å²) < 4.78 is 7.12. The molecule has 1 aromatic heterocycles. The normalized spacial score (nSPS) is 10.8. The maximum atomic E-state index is 12.6. The lowest BCUT2D eigenvalue weighted by Gasteiger charge is -2.11. The molecular weight excluding hydrogens is 398 g/mol. The van der Waals surface area contributed by atoms with Gasteiger partial charge in [0, 0.05) is 11.6 Å². The molecule has 3 aromatic rings. The van der Waals surface area contributed by atoms with Gasteiger partial charge in [0.05, 0.1) is 23.2 Å². The van der Waals surface area contributed by atoms with E-state index in [2.05, 4.69) is 10.3 Å². The van der Waals surface area contributed by atoms with Crippen LogP contribution >= 0.6 is 23.4 Å². The summed E-state index contributed by atoms with van der Waals surface area (Å²) in [6, 6.07) is 14.3. The highest BCUT2D eigenvalue weighted by Gasteiger charge is 2.12. The van der Waals surface area contributed by atoms with E-state index in [0.717, 1.165) is 0 Å². The van der Waals surface area contributed by atoms with E-state index in [4.69, 9.17) is 16.3 Å². The number of thioether (sulfide) groups is 1. The Morgan fingerprint density at radius 3 is 2.71 bits per heavy atom. The molecule has 0 atom stereocenters. The minimum atomic E-state index is -0.144. The first-order valence-electron chi connectivity index (χ1n) is 8.86. The number of halogens is 1. The van der Waals surface area contributed by atoms with Crippen LogP contribution in [-0.4, -0.2) is 34.4 Å². The number of ether oxygens (including phenoxy) is 1. The lowest BCUT2D eigenvalue weighted by atomic mass is 10.2. The third-order valence-corrected chi connectivity index (χ3v) is 5.21. The SMILES string of the molecule is CCn1c(SCC(=O)NCCOc2ccc(Cl)cc2)nc2ccccc2c1=O. The molecule has 146 valence electrons. The molecule has 0 saturated heterocycles. The first-order chi connectivity index (χ1) is 13.6. The van der Waals surface area contributed by atoms with Crippen LogP contribution in [0, 0.1) is 0 Å². The zero-order valence-electron chi connectivity index (χ0n) is 15.4. The number of rotatable bonds is 8. The third-order valence-electron chi connectivity index (χ3n) is 3.98. The maximum Gasteiger partial charge on any atom is 0.262 e. The molecule has 1 heterocycles. The van der Waals surface area contributed by atoms with Crippen LogP contribution in [0.4, 0.5) is 0 Å². The van der Waals surface area contributed by atoms with Gasteiger partial charge in [-0.25, -0.2) is 4.98 Å². The van der Waals surface area contributed by atoms with Crippen LogP contribution in [0.15, 0.2) is 58.5 Å². The molecule has 3 rings (SSSR count). The lowest BCUT2D eigenvalue weighted by molar-refractivity contribution is -0.118. The molecule has 8 heteroatoms. The molecule has 0 aliphatic heterocycles. The van der Waals surface area contributed by atoms with Crippen molar-refractivity contribution >= 4 is 40.2 Å². The average molecular weight is 418 g/mol. The molecule has 0 spiro atoms. The molecular formula is C20H20ClN3O3S.